The van der Waals surface area contributed by atoms with Gasteiger partial charge in [-0.05, 0) is 19.1 Å². The smallest absolute Gasteiger partial charge is 0.129 e. The zero-order chi connectivity index (χ0) is 13.0. The van der Waals surface area contributed by atoms with E-state index in [1.165, 1.54) is 0 Å². The summed E-state index contributed by atoms with van der Waals surface area (Å²) in [6.45, 7) is 2.25. The summed E-state index contributed by atoms with van der Waals surface area (Å²) in [5, 5.41) is 16.3. The first-order chi connectivity index (χ1) is 8.74. The van der Waals surface area contributed by atoms with Crippen LogP contribution in [-0.2, 0) is 0 Å². The molecule has 0 aliphatic rings. The van der Waals surface area contributed by atoms with Crippen molar-refractivity contribution in [2.75, 3.05) is 25.6 Å². The van der Waals surface area contributed by atoms with Crippen LogP contribution in [0.1, 0.15) is 5.69 Å². The molecule has 1 aromatic carbocycles. The highest BCUT2D eigenvalue weighted by Crippen LogP contribution is 2.20. The van der Waals surface area contributed by atoms with E-state index in [1.54, 1.807) is 0 Å². The van der Waals surface area contributed by atoms with E-state index < -0.39 is 0 Å². The number of anilines is 1. The van der Waals surface area contributed by atoms with E-state index >= 15 is 0 Å². The summed E-state index contributed by atoms with van der Waals surface area (Å²) in [7, 11) is 1.86. The number of ether oxygens (including phenoxy) is 1. The number of aliphatic hydroxyl groups excluding tert-OH is 1. The minimum Gasteiger partial charge on any atom is -0.491 e. The lowest BCUT2D eigenvalue weighted by Crippen LogP contribution is -2.04. The lowest BCUT2D eigenvalue weighted by Gasteiger charge is -2.09. The lowest BCUT2D eigenvalue weighted by molar-refractivity contribution is 0.201. The minimum atomic E-state index is 0.00682. The Morgan fingerprint density at radius 3 is 2.94 bits per heavy atom. The van der Waals surface area contributed by atoms with E-state index in [0.717, 1.165) is 22.9 Å². The predicted octanol–water partition coefficient (Wildman–Crippen LogP) is 1.59. The molecule has 1 aromatic heterocycles. The lowest BCUT2D eigenvalue weighted by atomic mass is 10.3. The predicted molar refractivity (Wildman–Crippen MR) is 70.4 cm³/mol. The van der Waals surface area contributed by atoms with Crippen LogP contribution in [0.15, 0.2) is 30.3 Å². The molecule has 0 unspecified atom stereocenters. The molecule has 0 fully saturated rings. The van der Waals surface area contributed by atoms with Gasteiger partial charge in [0.1, 0.15) is 18.2 Å². The van der Waals surface area contributed by atoms with Crippen LogP contribution < -0.4 is 10.1 Å². The van der Waals surface area contributed by atoms with Crippen molar-refractivity contribution in [3.63, 3.8) is 0 Å². The van der Waals surface area contributed by atoms with E-state index in [9.17, 15) is 0 Å². The van der Waals surface area contributed by atoms with Crippen molar-refractivity contribution in [2.45, 2.75) is 6.92 Å². The Balaban J connectivity index is 2.31. The van der Waals surface area contributed by atoms with E-state index in [-0.39, 0.29) is 6.61 Å². The van der Waals surface area contributed by atoms with Crippen LogP contribution in [0.3, 0.4) is 0 Å². The van der Waals surface area contributed by atoms with Gasteiger partial charge >= 0.3 is 0 Å². The molecule has 2 rings (SSSR count). The van der Waals surface area contributed by atoms with Gasteiger partial charge in [-0.25, -0.2) is 4.68 Å². The molecule has 2 N–H and O–H groups in total. The summed E-state index contributed by atoms with van der Waals surface area (Å²) in [5.74, 6) is 1.64. The summed E-state index contributed by atoms with van der Waals surface area (Å²) in [6.07, 6.45) is 0. The van der Waals surface area contributed by atoms with Crippen molar-refractivity contribution in [3.8, 4) is 11.4 Å². The van der Waals surface area contributed by atoms with Gasteiger partial charge in [-0.2, -0.15) is 5.10 Å². The molecule has 0 spiro atoms. The van der Waals surface area contributed by atoms with Crippen LogP contribution in [0.5, 0.6) is 5.75 Å². The van der Waals surface area contributed by atoms with Crippen molar-refractivity contribution in [2.24, 2.45) is 0 Å². The van der Waals surface area contributed by atoms with Crippen molar-refractivity contribution in [3.05, 3.63) is 36.0 Å². The van der Waals surface area contributed by atoms with Gasteiger partial charge in [-0.3, -0.25) is 0 Å². The first-order valence-corrected chi connectivity index (χ1v) is 5.83. The third-order valence-electron chi connectivity index (χ3n) is 2.51. The molecule has 0 saturated heterocycles. The SMILES string of the molecule is CNc1cc(C)nn1-c1cccc(OCCO)c1. The molecule has 0 atom stereocenters. The Morgan fingerprint density at radius 2 is 2.22 bits per heavy atom. The molecule has 0 saturated carbocycles. The molecule has 0 radical (unpaired) electrons. The molecule has 0 bridgehead atoms. The van der Waals surface area contributed by atoms with Crippen molar-refractivity contribution in [1.29, 1.82) is 0 Å². The van der Waals surface area contributed by atoms with Gasteiger partial charge in [-0.15, -0.1) is 0 Å². The molecule has 0 amide bonds. The van der Waals surface area contributed by atoms with Crippen LogP contribution in [-0.4, -0.2) is 35.1 Å². The fraction of sp³-hybridized carbons (Fsp3) is 0.308. The van der Waals surface area contributed by atoms with Crippen molar-refractivity contribution in [1.82, 2.24) is 9.78 Å². The van der Waals surface area contributed by atoms with Gasteiger partial charge in [-0.1, -0.05) is 6.07 Å². The van der Waals surface area contributed by atoms with Crippen LogP contribution in [0.2, 0.25) is 0 Å². The maximum Gasteiger partial charge on any atom is 0.129 e. The number of rotatable bonds is 5. The largest absolute Gasteiger partial charge is 0.491 e. The number of hydrogen-bond donors (Lipinski definition) is 2. The number of hydrogen-bond acceptors (Lipinski definition) is 4. The summed E-state index contributed by atoms with van der Waals surface area (Å²) in [6, 6.07) is 9.58. The van der Waals surface area contributed by atoms with Crippen LogP contribution in [0.25, 0.3) is 5.69 Å². The number of aryl methyl sites for hydroxylation is 1. The number of aliphatic hydroxyl groups is 1. The maximum atomic E-state index is 8.75. The topological polar surface area (TPSA) is 59.3 Å². The molecule has 18 heavy (non-hydrogen) atoms. The van der Waals surface area contributed by atoms with E-state index in [2.05, 4.69) is 10.4 Å². The fourth-order valence-corrected chi connectivity index (χ4v) is 1.74. The number of aromatic nitrogens is 2. The van der Waals surface area contributed by atoms with E-state index in [4.69, 9.17) is 9.84 Å². The first-order valence-electron chi connectivity index (χ1n) is 5.83. The molecule has 96 valence electrons. The second-order valence-electron chi connectivity index (χ2n) is 3.90. The highest BCUT2D eigenvalue weighted by Gasteiger charge is 2.06. The Hall–Kier alpha value is -2.01. The van der Waals surface area contributed by atoms with Gasteiger partial charge in [0.15, 0.2) is 0 Å². The number of nitrogens with one attached hydrogen (secondary N) is 1. The van der Waals surface area contributed by atoms with Gasteiger partial charge in [0.25, 0.3) is 0 Å². The summed E-state index contributed by atoms with van der Waals surface area (Å²) < 4.78 is 7.21. The Bertz CT molecular complexity index is 523. The molecule has 5 nitrogen and oxygen atoms in total. The molecule has 0 aliphatic carbocycles. The van der Waals surface area contributed by atoms with E-state index in [0.29, 0.717) is 6.61 Å². The Labute approximate surface area is 106 Å². The van der Waals surface area contributed by atoms with E-state index in [1.807, 2.05) is 49.0 Å². The maximum absolute atomic E-state index is 8.75. The number of benzene rings is 1. The summed E-state index contributed by atoms with van der Waals surface area (Å²) in [4.78, 5) is 0. The quantitative estimate of drug-likeness (QED) is 0.842. The normalized spacial score (nSPS) is 10.4. The standard InChI is InChI=1S/C13H17N3O2/c1-10-8-13(14-2)16(15-10)11-4-3-5-12(9-11)18-7-6-17/h3-5,8-9,14,17H,6-7H2,1-2H3. The van der Waals surface area contributed by atoms with Crippen LogP contribution in [0, 0.1) is 6.92 Å². The third kappa shape index (κ3) is 2.62. The minimum absolute atomic E-state index is 0.00682. The second-order valence-corrected chi connectivity index (χ2v) is 3.90. The average Bonchev–Trinajstić information content (AvgIpc) is 2.78. The fourth-order valence-electron chi connectivity index (χ4n) is 1.74. The average molecular weight is 247 g/mol. The molecular formula is C13H17N3O2. The first kappa shape index (κ1) is 12.4. The van der Waals surface area contributed by atoms with Gasteiger partial charge in [0.05, 0.1) is 18.0 Å². The number of nitrogens with zero attached hydrogens (tertiary/aromatic N) is 2. The molecule has 5 heteroatoms. The molecule has 0 aliphatic heterocycles. The highest BCUT2D eigenvalue weighted by molar-refractivity contribution is 5.48. The zero-order valence-corrected chi connectivity index (χ0v) is 10.6. The highest BCUT2D eigenvalue weighted by atomic mass is 16.5. The van der Waals surface area contributed by atoms with Crippen molar-refractivity contribution < 1.29 is 9.84 Å². The zero-order valence-electron chi connectivity index (χ0n) is 10.6. The summed E-state index contributed by atoms with van der Waals surface area (Å²) in [5.41, 5.74) is 1.86. The van der Waals surface area contributed by atoms with Crippen molar-refractivity contribution >= 4 is 5.82 Å². The van der Waals surface area contributed by atoms with Crippen LogP contribution in [0.4, 0.5) is 5.82 Å². The molecular weight excluding hydrogens is 230 g/mol. The molecule has 1 heterocycles. The van der Waals surface area contributed by atoms with Crippen LogP contribution >= 0.6 is 0 Å². The Morgan fingerprint density at radius 1 is 1.39 bits per heavy atom. The second kappa shape index (κ2) is 5.55. The summed E-state index contributed by atoms with van der Waals surface area (Å²) >= 11 is 0. The third-order valence-corrected chi connectivity index (χ3v) is 2.51. The van der Waals surface area contributed by atoms with Gasteiger partial charge in [0, 0.05) is 19.2 Å². The van der Waals surface area contributed by atoms with Gasteiger partial charge < -0.3 is 15.2 Å². The monoisotopic (exact) mass is 247 g/mol. The van der Waals surface area contributed by atoms with Gasteiger partial charge in [0.2, 0.25) is 0 Å². The molecule has 2 aromatic rings. The Kier molecular flexibility index (Phi) is 3.84.